The lowest BCUT2D eigenvalue weighted by Gasteiger charge is -2.12. The molecule has 174 valence electrons. The molecule has 0 saturated heterocycles. The van der Waals surface area contributed by atoms with Crippen LogP contribution >= 0.6 is 0 Å². The molecule has 0 unspecified atom stereocenters. The van der Waals surface area contributed by atoms with Gasteiger partial charge in [-0.05, 0) is 54.5 Å². The molecule has 0 aliphatic carbocycles. The van der Waals surface area contributed by atoms with Crippen molar-refractivity contribution in [2.45, 2.75) is 53.4 Å². The zero-order valence-corrected chi connectivity index (χ0v) is 20.5. The molecule has 0 atom stereocenters. The summed E-state index contributed by atoms with van der Waals surface area (Å²) in [5, 5.41) is 1.04. The second-order valence-corrected chi connectivity index (χ2v) is 8.30. The number of fused-ring (bicyclic) bond motifs is 1. The summed E-state index contributed by atoms with van der Waals surface area (Å²) in [5.41, 5.74) is 11.0. The van der Waals surface area contributed by atoms with Crippen LogP contribution in [0.2, 0.25) is 0 Å². The first-order valence-corrected chi connectivity index (χ1v) is 10.9. The molecule has 0 fully saturated rings. The van der Waals surface area contributed by atoms with E-state index in [9.17, 15) is 4.79 Å². The molecular formula is C26H36N2O4. The van der Waals surface area contributed by atoms with Gasteiger partial charge in [-0.15, -0.1) is 0 Å². The molecular weight excluding hydrogens is 404 g/mol. The van der Waals surface area contributed by atoms with Crippen LogP contribution in [0.1, 0.15) is 73.6 Å². The number of H-pyrrole nitrogens is 1. The van der Waals surface area contributed by atoms with Crippen LogP contribution in [-0.2, 0) is 4.74 Å². The van der Waals surface area contributed by atoms with Gasteiger partial charge in [-0.1, -0.05) is 33.8 Å². The number of carbonyl (C=O) groups excluding carboxylic acids is 1. The number of carbonyl (C=O) groups is 1. The largest absolute Gasteiger partial charge is 0.496 e. The number of ether oxygens (including phenoxy) is 3. The van der Waals surface area contributed by atoms with Crippen LogP contribution < -0.4 is 15.2 Å². The number of nitrogens with one attached hydrogen (secondary N) is 1. The maximum atomic E-state index is 11.9. The van der Waals surface area contributed by atoms with E-state index in [1.165, 1.54) is 5.56 Å². The van der Waals surface area contributed by atoms with Crippen LogP contribution in [0.15, 0.2) is 30.3 Å². The van der Waals surface area contributed by atoms with E-state index in [0.717, 1.165) is 39.2 Å². The first kappa shape index (κ1) is 25.1. The number of aromatic nitrogens is 1. The maximum Gasteiger partial charge on any atom is 0.355 e. The minimum Gasteiger partial charge on any atom is -0.496 e. The lowest BCUT2D eigenvalue weighted by Crippen LogP contribution is -2.06. The van der Waals surface area contributed by atoms with Gasteiger partial charge in [0.2, 0.25) is 0 Å². The summed E-state index contributed by atoms with van der Waals surface area (Å²) in [7, 11) is 3.33. The molecule has 32 heavy (non-hydrogen) atoms. The van der Waals surface area contributed by atoms with Crippen LogP contribution in [0, 0.1) is 6.92 Å². The minimum atomic E-state index is -0.314. The summed E-state index contributed by atoms with van der Waals surface area (Å²) in [4.78, 5) is 15.1. The van der Waals surface area contributed by atoms with E-state index in [1.54, 1.807) is 21.1 Å². The van der Waals surface area contributed by atoms with Crippen molar-refractivity contribution >= 4 is 22.6 Å². The predicted molar refractivity (Wildman–Crippen MR) is 131 cm³/mol. The Bertz CT molecular complexity index is 1070. The summed E-state index contributed by atoms with van der Waals surface area (Å²) < 4.78 is 15.7. The number of aryl methyl sites for hydroxylation is 1. The van der Waals surface area contributed by atoms with Crippen molar-refractivity contribution in [3.05, 3.63) is 52.7 Å². The molecule has 0 aliphatic heterocycles. The van der Waals surface area contributed by atoms with Crippen molar-refractivity contribution in [1.29, 1.82) is 0 Å². The standard InChI is InChI=1S/C16H21NO3.C10H15NO/c1-6-20-16(18)15-10(4)12-7-11(9(2)3)14(19-5)8-13(12)17-15;1-7(2)9-5-4-8(11)6-10(9)12-3/h7-9,17H,6H2,1-5H3;4-7H,11H2,1-3H3. The number of benzene rings is 2. The normalized spacial score (nSPS) is 10.8. The van der Waals surface area contributed by atoms with Gasteiger partial charge in [0.25, 0.3) is 0 Å². The number of nitrogens with two attached hydrogens (primary N) is 1. The predicted octanol–water partition coefficient (Wildman–Crippen LogP) is 6.19. The average Bonchev–Trinajstić information content (AvgIpc) is 3.08. The second-order valence-electron chi connectivity index (χ2n) is 8.30. The summed E-state index contributed by atoms with van der Waals surface area (Å²) in [6, 6.07) is 9.81. The molecule has 6 nitrogen and oxygen atoms in total. The molecule has 3 N–H and O–H groups in total. The fourth-order valence-electron chi connectivity index (χ4n) is 3.61. The Kier molecular flexibility index (Phi) is 8.58. The Hall–Kier alpha value is -3.15. The quantitative estimate of drug-likeness (QED) is 0.353. The maximum absolute atomic E-state index is 11.9. The third-order valence-corrected chi connectivity index (χ3v) is 5.39. The van der Waals surface area contributed by atoms with Crippen LogP contribution in [0.3, 0.4) is 0 Å². The van der Waals surface area contributed by atoms with E-state index in [-0.39, 0.29) is 5.97 Å². The van der Waals surface area contributed by atoms with Crippen molar-refractivity contribution in [2.24, 2.45) is 0 Å². The van der Waals surface area contributed by atoms with Gasteiger partial charge in [0, 0.05) is 23.2 Å². The second kappa shape index (κ2) is 10.9. The van der Waals surface area contributed by atoms with Crippen molar-refractivity contribution in [1.82, 2.24) is 4.98 Å². The number of aromatic amines is 1. The van der Waals surface area contributed by atoms with Gasteiger partial charge in [0.05, 0.1) is 26.3 Å². The van der Waals surface area contributed by atoms with Gasteiger partial charge in [-0.3, -0.25) is 0 Å². The molecule has 6 heteroatoms. The van der Waals surface area contributed by atoms with Gasteiger partial charge in [-0.25, -0.2) is 4.79 Å². The van der Waals surface area contributed by atoms with Crippen LogP contribution in [0.25, 0.3) is 10.9 Å². The number of methoxy groups -OCH3 is 2. The first-order chi connectivity index (χ1) is 15.1. The van der Waals surface area contributed by atoms with Crippen LogP contribution in [0.4, 0.5) is 5.69 Å². The average molecular weight is 441 g/mol. The van der Waals surface area contributed by atoms with Crippen molar-refractivity contribution in [3.8, 4) is 11.5 Å². The highest BCUT2D eigenvalue weighted by molar-refractivity contribution is 5.98. The van der Waals surface area contributed by atoms with Crippen molar-refractivity contribution in [3.63, 3.8) is 0 Å². The Morgan fingerprint density at radius 3 is 2.09 bits per heavy atom. The molecule has 0 bridgehead atoms. The first-order valence-electron chi connectivity index (χ1n) is 10.9. The van der Waals surface area contributed by atoms with E-state index >= 15 is 0 Å². The van der Waals surface area contributed by atoms with E-state index < -0.39 is 0 Å². The molecule has 1 aromatic heterocycles. The van der Waals surface area contributed by atoms with Crippen LogP contribution in [0.5, 0.6) is 11.5 Å². The lowest BCUT2D eigenvalue weighted by atomic mass is 9.99. The zero-order chi connectivity index (χ0) is 24.0. The topological polar surface area (TPSA) is 86.6 Å². The molecule has 0 amide bonds. The van der Waals surface area contributed by atoms with Crippen molar-refractivity contribution in [2.75, 3.05) is 26.6 Å². The number of nitrogen functional groups attached to an aromatic ring is 1. The highest BCUT2D eigenvalue weighted by Crippen LogP contribution is 2.33. The van der Waals surface area contributed by atoms with Gasteiger partial charge in [0.15, 0.2) is 0 Å². The zero-order valence-electron chi connectivity index (χ0n) is 20.5. The Morgan fingerprint density at radius 2 is 1.56 bits per heavy atom. The highest BCUT2D eigenvalue weighted by atomic mass is 16.5. The number of esters is 1. The fraction of sp³-hybridized carbons (Fsp3) is 0.423. The van der Waals surface area contributed by atoms with Crippen LogP contribution in [-0.4, -0.2) is 31.8 Å². The van der Waals surface area contributed by atoms with Gasteiger partial charge in [0.1, 0.15) is 17.2 Å². The lowest BCUT2D eigenvalue weighted by molar-refractivity contribution is 0.0519. The molecule has 2 aromatic carbocycles. The molecule has 0 radical (unpaired) electrons. The number of hydrogen-bond acceptors (Lipinski definition) is 5. The Labute approximate surface area is 191 Å². The summed E-state index contributed by atoms with van der Waals surface area (Å²) in [6.07, 6.45) is 0. The smallest absolute Gasteiger partial charge is 0.355 e. The Morgan fingerprint density at radius 1 is 0.969 bits per heavy atom. The fourth-order valence-corrected chi connectivity index (χ4v) is 3.61. The van der Waals surface area contributed by atoms with E-state index in [1.807, 2.05) is 31.2 Å². The number of hydrogen-bond donors (Lipinski definition) is 2. The van der Waals surface area contributed by atoms with Crippen molar-refractivity contribution < 1.29 is 19.0 Å². The third-order valence-electron chi connectivity index (χ3n) is 5.39. The highest BCUT2D eigenvalue weighted by Gasteiger charge is 2.18. The van der Waals surface area contributed by atoms with E-state index in [0.29, 0.717) is 24.1 Å². The summed E-state index contributed by atoms with van der Waals surface area (Å²) in [5.74, 6) is 2.23. The van der Waals surface area contributed by atoms with Gasteiger partial charge < -0.3 is 24.9 Å². The van der Waals surface area contributed by atoms with Gasteiger partial charge in [-0.2, -0.15) is 0 Å². The number of rotatable bonds is 6. The molecule has 0 spiro atoms. The molecule has 0 aliphatic rings. The SMILES string of the molecule is CCOC(=O)c1[nH]c2cc(OC)c(C(C)C)cc2c1C.COc1cc(N)ccc1C(C)C. The van der Waals surface area contributed by atoms with E-state index in [4.69, 9.17) is 19.9 Å². The molecule has 3 aromatic rings. The summed E-state index contributed by atoms with van der Waals surface area (Å²) in [6.45, 7) is 12.6. The Balaban J connectivity index is 0.000000258. The minimum absolute atomic E-state index is 0.314. The molecule has 3 rings (SSSR count). The number of anilines is 1. The van der Waals surface area contributed by atoms with E-state index in [2.05, 4.69) is 38.7 Å². The van der Waals surface area contributed by atoms with Gasteiger partial charge >= 0.3 is 5.97 Å². The monoisotopic (exact) mass is 440 g/mol. The molecule has 1 heterocycles. The summed E-state index contributed by atoms with van der Waals surface area (Å²) >= 11 is 0. The molecule has 0 saturated carbocycles. The third kappa shape index (κ3) is 5.55.